The third-order valence-electron chi connectivity index (χ3n) is 3.50. The number of benzene rings is 1. The van der Waals surface area contributed by atoms with E-state index in [2.05, 4.69) is 15.6 Å². The Balaban J connectivity index is 1.87. The van der Waals surface area contributed by atoms with Gasteiger partial charge in [0.25, 0.3) is 0 Å². The highest BCUT2D eigenvalue weighted by molar-refractivity contribution is 7.98. The number of aromatic nitrogens is 4. The summed E-state index contributed by atoms with van der Waals surface area (Å²) in [5.74, 6) is 1.65. The van der Waals surface area contributed by atoms with Gasteiger partial charge in [-0.25, -0.2) is 9.97 Å². The lowest BCUT2D eigenvalue weighted by Gasteiger charge is -2.08. The quantitative estimate of drug-likeness (QED) is 0.647. The summed E-state index contributed by atoms with van der Waals surface area (Å²) in [5, 5.41) is 1.61. The van der Waals surface area contributed by atoms with E-state index < -0.39 is 0 Å². The zero-order valence-corrected chi connectivity index (χ0v) is 14.1. The molecule has 0 aliphatic heterocycles. The molecule has 0 saturated heterocycles. The predicted octanol–water partition coefficient (Wildman–Crippen LogP) is 3.36. The van der Waals surface area contributed by atoms with Crippen LogP contribution in [0.4, 0.5) is 0 Å². The molecule has 5 nitrogen and oxygen atoms in total. The van der Waals surface area contributed by atoms with E-state index >= 15 is 0 Å². The Morgan fingerprint density at radius 1 is 1.32 bits per heavy atom. The van der Waals surface area contributed by atoms with Crippen molar-refractivity contribution in [3.63, 3.8) is 0 Å². The van der Waals surface area contributed by atoms with Crippen LogP contribution in [0.3, 0.4) is 0 Å². The number of nitrogens with zero attached hydrogens (tertiary/aromatic N) is 4. The third kappa shape index (κ3) is 2.99. The predicted molar refractivity (Wildman–Crippen MR) is 89.4 cm³/mol. The Kier molecular flexibility index (Phi) is 4.71. The standard InChI is InChI=1S/C15H17ClN4OS/c1-19-13(16)9-17-14(19)10-22-15-18-11-5-3-4-6-12(11)20(15)7-8-21-2/h3-6,9H,7-8,10H2,1-2H3. The first-order valence-corrected chi connectivity index (χ1v) is 8.30. The molecule has 2 aromatic heterocycles. The van der Waals surface area contributed by atoms with E-state index in [0.717, 1.165) is 34.3 Å². The molecule has 0 spiro atoms. The molecule has 22 heavy (non-hydrogen) atoms. The number of halogens is 1. The summed E-state index contributed by atoms with van der Waals surface area (Å²) in [4.78, 5) is 9.04. The topological polar surface area (TPSA) is 44.9 Å². The van der Waals surface area contributed by atoms with Crippen LogP contribution in [-0.4, -0.2) is 32.8 Å². The molecule has 3 rings (SSSR count). The minimum Gasteiger partial charge on any atom is -0.383 e. The molecule has 0 aliphatic rings. The number of methoxy groups -OCH3 is 1. The lowest BCUT2D eigenvalue weighted by atomic mass is 10.3. The van der Waals surface area contributed by atoms with Gasteiger partial charge in [0, 0.05) is 20.7 Å². The molecular weight excluding hydrogens is 320 g/mol. The third-order valence-corrected chi connectivity index (χ3v) is 4.82. The summed E-state index contributed by atoms with van der Waals surface area (Å²) in [6.07, 6.45) is 1.67. The summed E-state index contributed by atoms with van der Waals surface area (Å²) in [6.45, 7) is 1.43. The van der Waals surface area contributed by atoms with Crippen molar-refractivity contribution in [2.75, 3.05) is 13.7 Å². The van der Waals surface area contributed by atoms with Crippen LogP contribution in [0.1, 0.15) is 5.82 Å². The molecule has 2 heterocycles. The molecule has 0 bridgehead atoms. The molecule has 7 heteroatoms. The smallest absolute Gasteiger partial charge is 0.169 e. The first-order valence-electron chi connectivity index (χ1n) is 6.94. The van der Waals surface area contributed by atoms with E-state index in [0.29, 0.717) is 11.8 Å². The molecule has 0 atom stereocenters. The first-order chi connectivity index (χ1) is 10.7. The fourth-order valence-electron chi connectivity index (χ4n) is 2.25. The number of fused-ring (bicyclic) bond motifs is 1. The summed E-state index contributed by atoms with van der Waals surface area (Å²) in [7, 11) is 3.63. The van der Waals surface area contributed by atoms with Crippen molar-refractivity contribution in [3.8, 4) is 0 Å². The van der Waals surface area contributed by atoms with E-state index in [1.54, 1.807) is 25.1 Å². The van der Waals surface area contributed by atoms with Crippen LogP contribution in [0, 0.1) is 0 Å². The van der Waals surface area contributed by atoms with E-state index in [4.69, 9.17) is 21.3 Å². The fraction of sp³-hybridized carbons (Fsp3) is 0.333. The zero-order valence-electron chi connectivity index (χ0n) is 12.5. The number of rotatable bonds is 6. The van der Waals surface area contributed by atoms with Gasteiger partial charge in [0.15, 0.2) is 5.16 Å². The fourth-order valence-corrected chi connectivity index (χ4v) is 3.43. The van der Waals surface area contributed by atoms with Gasteiger partial charge in [-0.15, -0.1) is 0 Å². The number of ether oxygens (including phenoxy) is 1. The van der Waals surface area contributed by atoms with Crippen molar-refractivity contribution < 1.29 is 4.74 Å². The Hall–Kier alpha value is -1.50. The van der Waals surface area contributed by atoms with Crippen molar-refractivity contribution >= 4 is 34.4 Å². The largest absolute Gasteiger partial charge is 0.383 e. The summed E-state index contributed by atoms with van der Waals surface area (Å²) in [6, 6.07) is 8.14. The van der Waals surface area contributed by atoms with E-state index in [1.165, 1.54) is 0 Å². The number of hydrogen-bond donors (Lipinski definition) is 0. The monoisotopic (exact) mass is 336 g/mol. The highest BCUT2D eigenvalue weighted by atomic mass is 35.5. The summed E-state index contributed by atoms with van der Waals surface area (Å²) in [5.41, 5.74) is 2.12. The van der Waals surface area contributed by atoms with Gasteiger partial charge >= 0.3 is 0 Å². The average Bonchev–Trinajstić information content (AvgIpc) is 3.04. The van der Waals surface area contributed by atoms with Gasteiger partial charge < -0.3 is 13.9 Å². The van der Waals surface area contributed by atoms with Crippen LogP contribution >= 0.6 is 23.4 Å². The Labute approximate surface area is 138 Å². The van der Waals surface area contributed by atoms with Gasteiger partial charge in [-0.2, -0.15) is 0 Å². The van der Waals surface area contributed by atoms with Crippen molar-refractivity contribution in [1.29, 1.82) is 0 Å². The SMILES string of the molecule is COCCn1c(SCc2ncc(Cl)n2C)nc2ccccc21. The molecule has 0 unspecified atom stereocenters. The maximum Gasteiger partial charge on any atom is 0.169 e. The summed E-state index contributed by atoms with van der Waals surface area (Å²) >= 11 is 7.69. The molecule has 0 fully saturated rings. The second kappa shape index (κ2) is 6.73. The van der Waals surface area contributed by atoms with E-state index in [-0.39, 0.29) is 0 Å². The van der Waals surface area contributed by atoms with Gasteiger partial charge in [0.05, 0.1) is 29.6 Å². The van der Waals surface area contributed by atoms with Crippen LogP contribution < -0.4 is 0 Å². The van der Waals surface area contributed by atoms with Gasteiger partial charge in [-0.05, 0) is 12.1 Å². The Morgan fingerprint density at radius 3 is 2.86 bits per heavy atom. The Bertz CT molecular complexity index is 783. The highest BCUT2D eigenvalue weighted by Gasteiger charge is 2.12. The maximum absolute atomic E-state index is 6.03. The zero-order chi connectivity index (χ0) is 15.5. The number of hydrogen-bond acceptors (Lipinski definition) is 4. The van der Waals surface area contributed by atoms with Crippen LogP contribution in [0.5, 0.6) is 0 Å². The number of thioether (sulfide) groups is 1. The molecule has 116 valence electrons. The molecular formula is C15H17ClN4OS. The van der Waals surface area contributed by atoms with Crippen LogP contribution in [-0.2, 0) is 24.1 Å². The van der Waals surface area contributed by atoms with Crippen molar-refractivity contribution in [1.82, 2.24) is 19.1 Å². The minimum absolute atomic E-state index is 0.642. The van der Waals surface area contributed by atoms with Gasteiger partial charge in [-0.3, -0.25) is 0 Å². The lowest BCUT2D eigenvalue weighted by Crippen LogP contribution is -2.06. The van der Waals surface area contributed by atoms with Gasteiger partial charge in [0.1, 0.15) is 11.0 Å². The second-order valence-corrected chi connectivity index (χ2v) is 6.20. The molecule has 0 radical (unpaired) electrons. The number of para-hydroxylation sites is 2. The molecule has 1 aromatic carbocycles. The Morgan fingerprint density at radius 2 is 2.14 bits per heavy atom. The lowest BCUT2D eigenvalue weighted by molar-refractivity contribution is 0.186. The average molecular weight is 337 g/mol. The second-order valence-electron chi connectivity index (χ2n) is 4.87. The van der Waals surface area contributed by atoms with Gasteiger partial charge in [0.2, 0.25) is 0 Å². The van der Waals surface area contributed by atoms with Crippen LogP contribution in [0.2, 0.25) is 5.15 Å². The molecule has 0 aliphatic carbocycles. The normalized spacial score (nSPS) is 11.4. The molecule has 0 saturated carbocycles. The first kappa shape index (κ1) is 15.4. The van der Waals surface area contributed by atoms with E-state index in [9.17, 15) is 0 Å². The summed E-state index contributed by atoms with van der Waals surface area (Å²) < 4.78 is 9.29. The number of imidazole rings is 2. The van der Waals surface area contributed by atoms with Crippen molar-refractivity contribution in [2.45, 2.75) is 17.5 Å². The van der Waals surface area contributed by atoms with Crippen LogP contribution in [0.25, 0.3) is 11.0 Å². The minimum atomic E-state index is 0.642. The van der Waals surface area contributed by atoms with Gasteiger partial charge in [-0.1, -0.05) is 35.5 Å². The maximum atomic E-state index is 6.03. The van der Waals surface area contributed by atoms with Crippen molar-refractivity contribution in [2.24, 2.45) is 7.05 Å². The molecule has 0 amide bonds. The molecule has 0 N–H and O–H groups in total. The van der Waals surface area contributed by atoms with Crippen molar-refractivity contribution in [3.05, 3.63) is 41.4 Å². The van der Waals surface area contributed by atoms with Crippen LogP contribution in [0.15, 0.2) is 35.6 Å². The van der Waals surface area contributed by atoms with E-state index in [1.807, 2.05) is 29.8 Å². The molecule has 3 aromatic rings. The highest BCUT2D eigenvalue weighted by Crippen LogP contribution is 2.27.